The van der Waals surface area contributed by atoms with Gasteiger partial charge in [0.05, 0.1) is 12.3 Å². The van der Waals surface area contributed by atoms with Gasteiger partial charge in [-0.3, -0.25) is 0 Å². The Balaban J connectivity index is 1.75. The summed E-state index contributed by atoms with van der Waals surface area (Å²) in [4.78, 5) is 0. The van der Waals surface area contributed by atoms with Gasteiger partial charge in [0.1, 0.15) is 17.2 Å². The molecule has 4 N–H and O–H groups in total. The summed E-state index contributed by atoms with van der Waals surface area (Å²) < 4.78 is 11.3. The first kappa shape index (κ1) is 15.7. The molecule has 0 heterocycles. The zero-order chi connectivity index (χ0) is 16.9. The molecular weight excluding hydrogens is 300 g/mol. The number of rotatable bonds is 5. The number of anilines is 2. The summed E-state index contributed by atoms with van der Waals surface area (Å²) in [7, 11) is 0. The van der Waals surface area contributed by atoms with Crippen molar-refractivity contribution < 1.29 is 9.47 Å². The van der Waals surface area contributed by atoms with Gasteiger partial charge in [0.2, 0.25) is 0 Å². The fourth-order valence-electron chi connectivity index (χ4n) is 2.41. The molecular formula is C20H20N2O2. The van der Waals surface area contributed by atoms with E-state index in [0.29, 0.717) is 23.7 Å². The Morgan fingerprint density at radius 1 is 0.750 bits per heavy atom. The van der Waals surface area contributed by atoms with Crippen molar-refractivity contribution in [2.45, 2.75) is 6.92 Å². The minimum Gasteiger partial charge on any atom is -0.494 e. The molecule has 122 valence electrons. The summed E-state index contributed by atoms with van der Waals surface area (Å²) in [5, 5.41) is 0. The first-order valence-corrected chi connectivity index (χ1v) is 7.82. The molecule has 0 spiro atoms. The predicted molar refractivity (Wildman–Crippen MR) is 98.4 cm³/mol. The Morgan fingerprint density at radius 2 is 1.33 bits per heavy atom. The van der Waals surface area contributed by atoms with E-state index in [1.54, 1.807) is 18.2 Å². The molecule has 0 aliphatic rings. The monoisotopic (exact) mass is 320 g/mol. The van der Waals surface area contributed by atoms with Gasteiger partial charge in [0, 0.05) is 5.69 Å². The number of nitrogens with two attached hydrogens (primary N) is 2. The van der Waals surface area contributed by atoms with Gasteiger partial charge in [-0.25, -0.2) is 0 Å². The van der Waals surface area contributed by atoms with Crippen molar-refractivity contribution in [3.8, 4) is 28.4 Å². The van der Waals surface area contributed by atoms with Crippen LogP contribution in [0, 0.1) is 0 Å². The fourth-order valence-corrected chi connectivity index (χ4v) is 2.41. The highest BCUT2D eigenvalue weighted by Crippen LogP contribution is 2.30. The molecule has 0 saturated heterocycles. The van der Waals surface area contributed by atoms with E-state index in [2.05, 4.69) is 0 Å². The van der Waals surface area contributed by atoms with Crippen molar-refractivity contribution in [2.24, 2.45) is 0 Å². The SMILES string of the molecule is CCOc1ccc(-c2ccc(Oc3ccc(N)cc3N)cc2)cc1. The first-order valence-electron chi connectivity index (χ1n) is 7.82. The molecule has 4 nitrogen and oxygen atoms in total. The molecule has 0 aromatic heterocycles. The average Bonchev–Trinajstić information content (AvgIpc) is 2.59. The van der Waals surface area contributed by atoms with Crippen LogP contribution in [0.5, 0.6) is 17.2 Å². The maximum absolute atomic E-state index is 5.91. The van der Waals surface area contributed by atoms with Gasteiger partial charge in [0.25, 0.3) is 0 Å². The molecule has 0 saturated carbocycles. The van der Waals surface area contributed by atoms with Gasteiger partial charge in [-0.05, 0) is 60.5 Å². The molecule has 4 heteroatoms. The minimum absolute atomic E-state index is 0.519. The van der Waals surface area contributed by atoms with Crippen LogP contribution < -0.4 is 20.9 Å². The predicted octanol–water partition coefficient (Wildman–Crippen LogP) is 4.71. The first-order chi connectivity index (χ1) is 11.7. The number of hydrogen-bond donors (Lipinski definition) is 2. The molecule has 0 fully saturated rings. The molecule has 3 aromatic rings. The maximum atomic E-state index is 5.91. The minimum atomic E-state index is 0.519. The third kappa shape index (κ3) is 3.60. The molecule has 3 aromatic carbocycles. The van der Waals surface area contributed by atoms with E-state index >= 15 is 0 Å². The Morgan fingerprint density at radius 3 is 1.88 bits per heavy atom. The molecule has 0 atom stereocenters. The summed E-state index contributed by atoms with van der Waals surface area (Å²) in [6.07, 6.45) is 0. The number of ether oxygens (including phenoxy) is 2. The molecule has 0 bridgehead atoms. The molecule has 0 radical (unpaired) electrons. The van der Waals surface area contributed by atoms with Crippen molar-refractivity contribution in [3.05, 3.63) is 66.7 Å². The Labute approximate surface area is 141 Å². The molecule has 3 rings (SSSR count). The van der Waals surface area contributed by atoms with Gasteiger partial charge < -0.3 is 20.9 Å². The second kappa shape index (κ2) is 6.96. The van der Waals surface area contributed by atoms with E-state index in [9.17, 15) is 0 Å². The summed E-state index contributed by atoms with van der Waals surface area (Å²) in [6.45, 7) is 2.64. The normalized spacial score (nSPS) is 10.4. The van der Waals surface area contributed by atoms with Crippen LogP contribution in [0.3, 0.4) is 0 Å². The van der Waals surface area contributed by atoms with Crippen LogP contribution in [-0.4, -0.2) is 6.61 Å². The Hall–Kier alpha value is -3.14. The Kier molecular flexibility index (Phi) is 4.57. The van der Waals surface area contributed by atoms with Gasteiger partial charge in [0.15, 0.2) is 0 Å². The highest BCUT2D eigenvalue weighted by molar-refractivity contribution is 5.65. The lowest BCUT2D eigenvalue weighted by Gasteiger charge is -2.10. The van der Waals surface area contributed by atoms with Gasteiger partial charge in [-0.1, -0.05) is 24.3 Å². The van der Waals surface area contributed by atoms with Crippen molar-refractivity contribution in [1.29, 1.82) is 0 Å². The number of nitrogen functional groups attached to an aromatic ring is 2. The summed E-state index contributed by atoms with van der Waals surface area (Å²) in [5.74, 6) is 2.19. The van der Waals surface area contributed by atoms with Crippen molar-refractivity contribution in [1.82, 2.24) is 0 Å². The van der Waals surface area contributed by atoms with Crippen LogP contribution in [0.15, 0.2) is 66.7 Å². The van der Waals surface area contributed by atoms with E-state index in [1.165, 1.54) is 0 Å². The average molecular weight is 320 g/mol. The van der Waals surface area contributed by atoms with Gasteiger partial charge in [-0.15, -0.1) is 0 Å². The lowest BCUT2D eigenvalue weighted by Crippen LogP contribution is -1.94. The van der Waals surface area contributed by atoms with Crippen molar-refractivity contribution in [3.63, 3.8) is 0 Å². The zero-order valence-corrected chi connectivity index (χ0v) is 13.5. The molecule has 24 heavy (non-hydrogen) atoms. The van der Waals surface area contributed by atoms with Crippen LogP contribution in [0.2, 0.25) is 0 Å². The highest BCUT2D eigenvalue weighted by atomic mass is 16.5. The van der Waals surface area contributed by atoms with Crippen LogP contribution in [0.25, 0.3) is 11.1 Å². The second-order valence-electron chi connectivity index (χ2n) is 5.38. The molecule has 0 aliphatic carbocycles. The fraction of sp³-hybridized carbons (Fsp3) is 0.100. The molecule has 0 amide bonds. The summed E-state index contributed by atoms with van der Waals surface area (Å²) >= 11 is 0. The lowest BCUT2D eigenvalue weighted by molar-refractivity contribution is 0.340. The third-order valence-corrected chi connectivity index (χ3v) is 3.61. The van der Waals surface area contributed by atoms with Crippen LogP contribution >= 0.6 is 0 Å². The third-order valence-electron chi connectivity index (χ3n) is 3.61. The smallest absolute Gasteiger partial charge is 0.150 e. The highest BCUT2D eigenvalue weighted by Gasteiger charge is 2.04. The topological polar surface area (TPSA) is 70.5 Å². The largest absolute Gasteiger partial charge is 0.494 e. The number of hydrogen-bond acceptors (Lipinski definition) is 4. The van der Waals surface area contributed by atoms with Crippen LogP contribution in [0.4, 0.5) is 11.4 Å². The zero-order valence-electron chi connectivity index (χ0n) is 13.5. The number of benzene rings is 3. The molecule has 0 aliphatic heterocycles. The summed E-state index contributed by atoms with van der Waals surface area (Å²) in [5.41, 5.74) is 15.0. The van der Waals surface area contributed by atoms with E-state index in [1.807, 2.05) is 55.5 Å². The van der Waals surface area contributed by atoms with Crippen LogP contribution in [-0.2, 0) is 0 Å². The van der Waals surface area contributed by atoms with Gasteiger partial charge in [-0.2, -0.15) is 0 Å². The van der Waals surface area contributed by atoms with E-state index in [0.717, 1.165) is 22.6 Å². The summed E-state index contributed by atoms with van der Waals surface area (Å²) in [6, 6.07) is 21.1. The van der Waals surface area contributed by atoms with Crippen molar-refractivity contribution >= 4 is 11.4 Å². The lowest BCUT2D eigenvalue weighted by atomic mass is 10.1. The maximum Gasteiger partial charge on any atom is 0.150 e. The van der Waals surface area contributed by atoms with E-state index in [4.69, 9.17) is 20.9 Å². The van der Waals surface area contributed by atoms with Gasteiger partial charge >= 0.3 is 0 Å². The van der Waals surface area contributed by atoms with Crippen LogP contribution in [0.1, 0.15) is 6.92 Å². The quantitative estimate of drug-likeness (QED) is 0.668. The molecule has 0 unspecified atom stereocenters. The van der Waals surface area contributed by atoms with E-state index < -0.39 is 0 Å². The van der Waals surface area contributed by atoms with E-state index in [-0.39, 0.29) is 0 Å². The van der Waals surface area contributed by atoms with Crippen molar-refractivity contribution in [2.75, 3.05) is 18.1 Å². The second-order valence-corrected chi connectivity index (χ2v) is 5.38. The Bertz CT molecular complexity index is 812. The standard InChI is InChI=1S/C20H20N2O2/c1-2-23-17-8-3-14(4-9-17)15-5-10-18(11-6-15)24-20-12-7-16(21)13-19(20)22/h3-13H,2,21-22H2,1H3.